The molecule has 1 atom stereocenters. The number of esters is 1. The summed E-state index contributed by atoms with van der Waals surface area (Å²) < 4.78 is 6.22. The van der Waals surface area contributed by atoms with Gasteiger partial charge in [0.05, 0.1) is 12.0 Å². The first-order chi connectivity index (χ1) is 15.0. The van der Waals surface area contributed by atoms with E-state index in [-0.39, 0.29) is 18.1 Å². The molecule has 0 bridgehead atoms. The van der Waals surface area contributed by atoms with Crippen molar-refractivity contribution in [3.05, 3.63) is 131 Å². The summed E-state index contributed by atoms with van der Waals surface area (Å²) in [5, 5.41) is 11.3. The maximum Gasteiger partial charge on any atom is 0.339 e. The molecule has 1 unspecified atom stereocenters. The summed E-state index contributed by atoms with van der Waals surface area (Å²) in [5.74, 6) is -0.809. The Hall–Kier alpha value is -3.59. The monoisotopic (exact) mass is 410 g/mol. The van der Waals surface area contributed by atoms with Crippen LogP contribution in [0.3, 0.4) is 0 Å². The van der Waals surface area contributed by atoms with E-state index in [1.165, 1.54) is 0 Å². The molecule has 1 aliphatic rings. The van der Waals surface area contributed by atoms with Crippen LogP contribution in [0, 0.1) is 6.92 Å². The van der Waals surface area contributed by atoms with E-state index in [0.29, 0.717) is 5.57 Å². The predicted octanol–water partition coefficient (Wildman–Crippen LogP) is 6.36. The van der Waals surface area contributed by atoms with Gasteiger partial charge in [0.15, 0.2) is 5.60 Å². The lowest BCUT2D eigenvalue weighted by molar-refractivity contribution is -0.155. The van der Waals surface area contributed by atoms with Gasteiger partial charge >= 0.3 is 5.97 Å². The predicted molar refractivity (Wildman–Crippen MR) is 123 cm³/mol. The highest BCUT2D eigenvalue weighted by atomic mass is 16.6. The smallest absolute Gasteiger partial charge is 0.339 e. The fourth-order valence-corrected chi connectivity index (χ4v) is 4.34. The minimum Gasteiger partial charge on any atom is -0.512 e. The number of allylic oxidation sites excluding steroid dienone is 2. The van der Waals surface area contributed by atoms with Crippen LogP contribution in [0.4, 0.5) is 0 Å². The van der Waals surface area contributed by atoms with E-state index in [4.69, 9.17) is 4.74 Å². The number of hydrogen-bond acceptors (Lipinski definition) is 3. The summed E-state index contributed by atoms with van der Waals surface area (Å²) in [6.45, 7) is 3.92. The summed E-state index contributed by atoms with van der Waals surface area (Å²) >= 11 is 0. The topological polar surface area (TPSA) is 46.5 Å². The molecule has 0 aliphatic carbocycles. The number of cyclic esters (lactones) is 1. The van der Waals surface area contributed by atoms with Crippen molar-refractivity contribution in [1.82, 2.24) is 0 Å². The molecule has 0 amide bonds. The molecule has 4 rings (SSSR count). The maximum atomic E-state index is 13.5. The van der Waals surface area contributed by atoms with Crippen LogP contribution in [0.5, 0.6) is 0 Å². The average Bonchev–Trinajstić information content (AvgIpc) is 2.79. The number of carbonyl (C=O) groups is 1. The number of aryl methyl sites for hydroxylation is 1. The van der Waals surface area contributed by atoms with Crippen LogP contribution in [-0.4, -0.2) is 11.1 Å². The lowest BCUT2D eigenvalue weighted by Gasteiger charge is -2.39. The van der Waals surface area contributed by atoms with Crippen LogP contribution in [0.2, 0.25) is 0 Å². The first-order valence-electron chi connectivity index (χ1n) is 10.5. The van der Waals surface area contributed by atoms with Crippen molar-refractivity contribution in [1.29, 1.82) is 0 Å². The molecule has 3 aromatic carbocycles. The molecule has 0 saturated heterocycles. The molecule has 156 valence electrons. The molecule has 0 aromatic heterocycles. The SMILES string of the molecule is C/C=C/C(C1=C(O)CC(c2ccccc2)(c2ccccc2)OC1=O)c1cccc(C)c1. The highest BCUT2D eigenvalue weighted by Gasteiger charge is 2.46. The zero-order valence-electron chi connectivity index (χ0n) is 17.8. The molecule has 3 nitrogen and oxygen atoms in total. The third-order valence-corrected chi connectivity index (χ3v) is 5.79. The summed E-state index contributed by atoms with van der Waals surface area (Å²) in [4.78, 5) is 13.5. The highest BCUT2D eigenvalue weighted by molar-refractivity contribution is 5.93. The number of aliphatic hydroxyl groups excluding tert-OH is 1. The number of ether oxygens (including phenoxy) is 1. The fourth-order valence-electron chi connectivity index (χ4n) is 4.34. The number of aliphatic hydroxyl groups is 1. The van der Waals surface area contributed by atoms with Crippen LogP contribution >= 0.6 is 0 Å². The summed E-state index contributed by atoms with van der Waals surface area (Å²) in [6.07, 6.45) is 4.01. The maximum absolute atomic E-state index is 13.5. The molecule has 0 radical (unpaired) electrons. The van der Waals surface area contributed by atoms with Crippen molar-refractivity contribution in [2.24, 2.45) is 0 Å². The van der Waals surface area contributed by atoms with Crippen molar-refractivity contribution < 1.29 is 14.6 Å². The molecule has 1 heterocycles. The summed E-state index contributed by atoms with van der Waals surface area (Å²) in [6, 6.07) is 27.2. The van der Waals surface area contributed by atoms with E-state index in [1.54, 1.807) is 0 Å². The Morgan fingerprint density at radius 2 is 1.55 bits per heavy atom. The van der Waals surface area contributed by atoms with Gasteiger partial charge in [-0.2, -0.15) is 0 Å². The Morgan fingerprint density at radius 3 is 2.06 bits per heavy atom. The molecule has 31 heavy (non-hydrogen) atoms. The summed E-state index contributed by atoms with van der Waals surface area (Å²) in [5.41, 5.74) is 2.94. The number of benzene rings is 3. The largest absolute Gasteiger partial charge is 0.512 e. The van der Waals surface area contributed by atoms with Crippen LogP contribution in [0.1, 0.15) is 41.5 Å². The van der Waals surface area contributed by atoms with Gasteiger partial charge in [-0.3, -0.25) is 0 Å². The lowest BCUT2D eigenvalue weighted by atomic mass is 9.78. The second kappa shape index (κ2) is 8.65. The Bertz CT molecular complexity index is 1090. The van der Waals surface area contributed by atoms with Gasteiger partial charge in [-0.1, -0.05) is 103 Å². The van der Waals surface area contributed by atoms with E-state index in [9.17, 15) is 9.90 Å². The second-order valence-corrected chi connectivity index (χ2v) is 7.90. The lowest BCUT2D eigenvalue weighted by Crippen LogP contribution is -2.40. The molecule has 0 saturated carbocycles. The van der Waals surface area contributed by atoms with E-state index in [2.05, 4.69) is 0 Å². The Kier molecular flexibility index (Phi) is 5.77. The van der Waals surface area contributed by atoms with Gasteiger partial charge in [0.25, 0.3) is 0 Å². The van der Waals surface area contributed by atoms with Crippen molar-refractivity contribution in [3.8, 4) is 0 Å². The van der Waals surface area contributed by atoms with Crippen molar-refractivity contribution in [2.45, 2.75) is 31.8 Å². The van der Waals surface area contributed by atoms with Gasteiger partial charge in [-0.15, -0.1) is 0 Å². The standard InChI is InChI=1S/C28H26O3/c1-3-11-24(21-13-10-12-20(2)18-21)26-25(29)19-28(31-27(26)30,22-14-6-4-7-15-22)23-16-8-5-9-17-23/h3-18,24,29H,19H2,1-2H3/b11-3+. The molecule has 3 aromatic rings. The van der Waals surface area contributed by atoms with Crippen molar-refractivity contribution in [2.75, 3.05) is 0 Å². The summed E-state index contributed by atoms with van der Waals surface area (Å²) in [7, 11) is 0. The Labute approximate surface area is 183 Å². The average molecular weight is 411 g/mol. The Balaban J connectivity index is 1.86. The molecular weight excluding hydrogens is 384 g/mol. The number of carbonyl (C=O) groups excluding carboxylic acids is 1. The van der Waals surface area contributed by atoms with Crippen molar-refractivity contribution >= 4 is 5.97 Å². The van der Waals surface area contributed by atoms with Crippen LogP contribution in [0.15, 0.2) is 108 Å². The zero-order chi connectivity index (χ0) is 21.8. The van der Waals surface area contributed by atoms with Crippen LogP contribution in [0.25, 0.3) is 0 Å². The highest BCUT2D eigenvalue weighted by Crippen LogP contribution is 2.45. The quantitative estimate of drug-likeness (QED) is 0.393. The molecular formula is C28H26O3. The third kappa shape index (κ3) is 3.91. The number of rotatable bonds is 5. The normalized spacial score (nSPS) is 16.9. The number of hydrogen-bond donors (Lipinski definition) is 1. The molecule has 1 aliphatic heterocycles. The van der Waals surface area contributed by atoms with Gasteiger partial charge in [-0.05, 0) is 19.4 Å². The van der Waals surface area contributed by atoms with E-state index < -0.39 is 11.6 Å². The first kappa shape index (κ1) is 20.7. The minimum atomic E-state index is -1.07. The molecule has 0 spiro atoms. The van der Waals surface area contributed by atoms with Gasteiger partial charge in [0.1, 0.15) is 5.76 Å². The van der Waals surface area contributed by atoms with Gasteiger partial charge < -0.3 is 9.84 Å². The molecule has 0 fully saturated rings. The van der Waals surface area contributed by atoms with E-state index in [1.807, 2.05) is 111 Å². The molecule has 1 N–H and O–H groups in total. The van der Waals surface area contributed by atoms with Crippen molar-refractivity contribution in [3.63, 3.8) is 0 Å². The molecule has 3 heteroatoms. The zero-order valence-corrected chi connectivity index (χ0v) is 17.8. The van der Waals surface area contributed by atoms with E-state index >= 15 is 0 Å². The van der Waals surface area contributed by atoms with Gasteiger partial charge in [-0.25, -0.2) is 4.79 Å². The first-order valence-corrected chi connectivity index (χ1v) is 10.5. The minimum absolute atomic E-state index is 0.0635. The van der Waals surface area contributed by atoms with Gasteiger partial charge in [0.2, 0.25) is 0 Å². The van der Waals surface area contributed by atoms with Gasteiger partial charge in [0, 0.05) is 17.0 Å². The fraction of sp³-hybridized carbons (Fsp3) is 0.179. The van der Waals surface area contributed by atoms with E-state index in [0.717, 1.165) is 22.3 Å². The van der Waals surface area contributed by atoms with Crippen LogP contribution in [-0.2, 0) is 15.1 Å². The second-order valence-electron chi connectivity index (χ2n) is 7.90. The Morgan fingerprint density at radius 1 is 0.935 bits per heavy atom. The third-order valence-electron chi connectivity index (χ3n) is 5.79. The van der Waals surface area contributed by atoms with Crippen LogP contribution < -0.4 is 0 Å².